The number of carbonyl (C=O) groups excluding carboxylic acids is 1. The molecule has 2 aliphatic heterocycles. The van der Waals surface area contributed by atoms with E-state index in [0.717, 1.165) is 37.3 Å². The SMILES string of the molecule is CC(C)c1ccc(S(=O)(=O)N2CCN(C(=O)C3CCN(c4ccc5nncn5n4)CC3)CC2)cc1. The summed E-state index contributed by atoms with van der Waals surface area (Å²) in [6, 6.07) is 11.0. The molecule has 186 valence electrons. The van der Waals surface area contributed by atoms with Gasteiger partial charge < -0.3 is 9.80 Å². The normalized spacial score (nSPS) is 18.5. The number of rotatable bonds is 5. The van der Waals surface area contributed by atoms with Crippen molar-refractivity contribution in [2.45, 2.75) is 37.5 Å². The number of fused-ring (bicyclic) bond motifs is 1. The van der Waals surface area contributed by atoms with Gasteiger partial charge in [-0.2, -0.15) is 8.82 Å². The van der Waals surface area contributed by atoms with Gasteiger partial charge >= 0.3 is 0 Å². The van der Waals surface area contributed by atoms with Gasteiger partial charge in [-0.25, -0.2) is 8.42 Å². The lowest BCUT2D eigenvalue weighted by Crippen LogP contribution is -2.52. The minimum absolute atomic E-state index is 0.0448. The molecule has 0 radical (unpaired) electrons. The summed E-state index contributed by atoms with van der Waals surface area (Å²) in [5.41, 5.74) is 1.81. The average molecular weight is 498 g/mol. The maximum Gasteiger partial charge on any atom is 0.243 e. The van der Waals surface area contributed by atoms with Crippen molar-refractivity contribution in [3.05, 3.63) is 48.3 Å². The van der Waals surface area contributed by atoms with E-state index in [4.69, 9.17) is 0 Å². The summed E-state index contributed by atoms with van der Waals surface area (Å²) in [5.74, 6) is 1.28. The van der Waals surface area contributed by atoms with Gasteiger partial charge in [-0.15, -0.1) is 15.3 Å². The van der Waals surface area contributed by atoms with Gasteiger partial charge in [0.05, 0.1) is 4.90 Å². The summed E-state index contributed by atoms with van der Waals surface area (Å²) in [6.45, 7) is 7.15. The Balaban J connectivity index is 1.15. The van der Waals surface area contributed by atoms with Crippen LogP contribution in [0.1, 0.15) is 38.2 Å². The number of benzene rings is 1. The smallest absolute Gasteiger partial charge is 0.243 e. The molecule has 2 saturated heterocycles. The standard InChI is InChI=1S/C24H31N7O3S/c1-18(2)19-3-5-21(6-4-19)35(33,34)30-15-13-29(14-16-30)24(32)20-9-11-28(12-10-20)23-8-7-22-26-25-17-31(22)27-23/h3-8,17-18,20H,9-16H2,1-2H3. The van der Waals surface area contributed by atoms with E-state index in [1.54, 1.807) is 23.0 Å². The van der Waals surface area contributed by atoms with Crippen molar-refractivity contribution < 1.29 is 13.2 Å². The molecule has 1 aromatic carbocycles. The van der Waals surface area contributed by atoms with Crippen LogP contribution in [0.5, 0.6) is 0 Å². The quantitative estimate of drug-likeness (QED) is 0.531. The van der Waals surface area contributed by atoms with Gasteiger partial charge in [0, 0.05) is 45.2 Å². The van der Waals surface area contributed by atoms with Crippen LogP contribution >= 0.6 is 0 Å². The minimum atomic E-state index is -3.56. The van der Waals surface area contributed by atoms with E-state index < -0.39 is 10.0 Å². The first-order chi connectivity index (χ1) is 16.8. The van der Waals surface area contributed by atoms with Gasteiger partial charge in [0.25, 0.3) is 0 Å². The Morgan fingerprint density at radius 3 is 2.29 bits per heavy atom. The topological polar surface area (TPSA) is 104 Å². The molecule has 5 rings (SSSR count). The lowest BCUT2D eigenvalue weighted by atomic mass is 9.95. The lowest BCUT2D eigenvalue weighted by molar-refractivity contribution is -0.137. The molecule has 1 amide bonds. The molecule has 35 heavy (non-hydrogen) atoms. The molecule has 11 heteroatoms. The summed E-state index contributed by atoms with van der Waals surface area (Å²) in [4.78, 5) is 17.5. The van der Waals surface area contributed by atoms with Crippen molar-refractivity contribution in [1.29, 1.82) is 0 Å². The molecule has 2 fully saturated rings. The number of carbonyl (C=O) groups is 1. The summed E-state index contributed by atoms with van der Waals surface area (Å²) in [5, 5.41) is 12.4. The monoisotopic (exact) mass is 497 g/mol. The van der Waals surface area contributed by atoms with Crippen LogP contribution in [0.3, 0.4) is 0 Å². The average Bonchev–Trinajstić information content (AvgIpc) is 3.36. The molecule has 0 bridgehead atoms. The highest BCUT2D eigenvalue weighted by molar-refractivity contribution is 7.89. The Labute approximate surface area is 205 Å². The van der Waals surface area contributed by atoms with Crippen molar-refractivity contribution in [1.82, 2.24) is 29.0 Å². The summed E-state index contributed by atoms with van der Waals surface area (Å²) in [7, 11) is -3.56. The Morgan fingerprint density at radius 2 is 1.63 bits per heavy atom. The molecule has 2 aliphatic rings. The van der Waals surface area contributed by atoms with E-state index in [0.29, 0.717) is 42.6 Å². The van der Waals surface area contributed by atoms with E-state index >= 15 is 0 Å². The van der Waals surface area contributed by atoms with E-state index in [2.05, 4.69) is 34.0 Å². The van der Waals surface area contributed by atoms with Gasteiger partial charge in [0.1, 0.15) is 12.1 Å². The second kappa shape index (κ2) is 9.54. The minimum Gasteiger partial charge on any atom is -0.355 e. The number of anilines is 1. The molecule has 0 N–H and O–H groups in total. The van der Waals surface area contributed by atoms with Crippen LogP contribution in [0.25, 0.3) is 5.65 Å². The van der Waals surface area contributed by atoms with Crippen LogP contribution in [-0.2, 0) is 14.8 Å². The fourth-order valence-corrected chi connectivity index (χ4v) is 6.25. The largest absolute Gasteiger partial charge is 0.355 e. The van der Waals surface area contributed by atoms with Crippen molar-refractivity contribution in [3.8, 4) is 0 Å². The zero-order chi connectivity index (χ0) is 24.6. The molecular formula is C24H31N7O3S. The molecule has 0 atom stereocenters. The van der Waals surface area contributed by atoms with Gasteiger partial charge in [-0.3, -0.25) is 4.79 Å². The summed E-state index contributed by atoms with van der Waals surface area (Å²) < 4.78 is 29.3. The van der Waals surface area contributed by atoms with Crippen LogP contribution in [0.4, 0.5) is 5.82 Å². The first kappa shape index (κ1) is 23.7. The first-order valence-electron chi connectivity index (χ1n) is 12.1. The number of nitrogens with zero attached hydrogens (tertiary/aromatic N) is 7. The van der Waals surface area contributed by atoms with Crippen molar-refractivity contribution in [3.63, 3.8) is 0 Å². The third kappa shape index (κ3) is 4.74. The highest BCUT2D eigenvalue weighted by Gasteiger charge is 2.34. The number of amides is 1. The van der Waals surface area contributed by atoms with Crippen LogP contribution in [0, 0.1) is 5.92 Å². The van der Waals surface area contributed by atoms with Crippen molar-refractivity contribution in [2.75, 3.05) is 44.2 Å². The van der Waals surface area contributed by atoms with Crippen LogP contribution in [0.15, 0.2) is 47.6 Å². The number of hydrogen-bond donors (Lipinski definition) is 0. The second-order valence-corrected chi connectivity index (χ2v) is 11.5. The van der Waals surface area contributed by atoms with Crippen molar-refractivity contribution >= 4 is 27.4 Å². The fourth-order valence-electron chi connectivity index (χ4n) is 4.82. The zero-order valence-electron chi connectivity index (χ0n) is 20.1. The second-order valence-electron chi connectivity index (χ2n) is 9.54. The van der Waals surface area contributed by atoms with Gasteiger partial charge in [0.2, 0.25) is 15.9 Å². The lowest BCUT2D eigenvalue weighted by Gasteiger charge is -2.38. The van der Waals surface area contributed by atoms with E-state index in [9.17, 15) is 13.2 Å². The van der Waals surface area contributed by atoms with E-state index in [1.807, 2.05) is 29.2 Å². The Hall–Kier alpha value is -3.05. The summed E-state index contributed by atoms with van der Waals surface area (Å²) in [6.07, 6.45) is 3.08. The predicted molar refractivity (Wildman–Crippen MR) is 132 cm³/mol. The Kier molecular flexibility index (Phi) is 6.45. The van der Waals surface area contributed by atoms with Crippen LogP contribution in [0.2, 0.25) is 0 Å². The maximum absolute atomic E-state index is 13.2. The number of aromatic nitrogens is 4. The van der Waals surface area contributed by atoms with Gasteiger partial charge in [-0.05, 0) is 48.6 Å². The number of sulfonamides is 1. The summed E-state index contributed by atoms with van der Waals surface area (Å²) >= 11 is 0. The van der Waals surface area contributed by atoms with Gasteiger partial charge in [-0.1, -0.05) is 26.0 Å². The van der Waals surface area contributed by atoms with Crippen LogP contribution in [-0.4, -0.2) is 82.6 Å². The molecule has 0 saturated carbocycles. The highest BCUT2D eigenvalue weighted by atomic mass is 32.2. The van der Waals surface area contributed by atoms with Crippen LogP contribution < -0.4 is 4.90 Å². The number of piperazine rings is 1. The van der Waals surface area contributed by atoms with E-state index in [1.165, 1.54) is 4.31 Å². The predicted octanol–water partition coefficient (Wildman–Crippen LogP) is 2.00. The molecular weight excluding hydrogens is 466 g/mol. The molecule has 3 aromatic rings. The number of piperidine rings is 1. The molecule has 0 unspecified atom stereocenters. The third-order valence-electron chi connectivity index (χ3n) is 7.05. The molecule has 0 spiro atoms. The van der Waals surface area contributed by atoms with Gasteiger partial charge in [0.15, 0.2) is 5.65 Å². The highest BCUT2D eigenvalue weighted by Crippen LogP contribution is 2.25. The third-order valence-corrected chi connectivity index (χ3v) is 8.96. The zero-order valence-corrected chi connectivity index (χ0v) is 20.9. The molecule has 2 aromatic heterocycles. The maximum atomic E-state index is 13.2. The molecule has 4 heterocycles. The Bertz CT molecular complexity index is 1290. The Morgan fingerprint density at radius 1 is 0.943 bits per heavy atom. The molecule has 0 aliphatic carbocycles. The molecule has 10 nitrogen and oxygen atoms in total. The van der Waals surface area contributed by atoms with Crippen molar-refractivity contribution in [2.24, 2.45) is 5.92 Å². The van der Waals surface area contributed by atoms with E-state index in [-0.39, 0.29) is 11.8 Å². The first-order valence-corrected chi connectivity index (χ1v) is 13.6. The number of hydrogen-bond acceptors (Lipinski definition) is 7. The fraction of sp³-hybridized carbons (Fsp3) is 0.500.